The second kappa shape index (κ2) is 12.3. The number of halogens is 4. The molecular weight excluding hydrogens is 489 g/mol. The Balaban J connectivity index is 0.00000432. The molecule has 0 bridgehead atoms. The topological polar surface area (TPSA) is 114 Å². The molecule has 1 heterocycles. The number of amides is 2. The van der Waals surface area contributed by atoms with E-state index in [1.807, 2.05) is 0 Å². The molecule has 8 nitrogen and oxygen atoms in total. The van der Waals surface area contributed by atoms with Crippen molar-refractivity contribution in [1.29, 1.82) is 0 Å². The van der Waals surface area contributed by atoms with E-state index in [2.05, 4.69) is 15.2 Å². The minimum atomic E-state index is -1.31. The zero-order chi connectivity index (χ0) is 24.8. The molecule has 0 saturated carbocycles. The van der Waals surface area contributed by atoms with Crippen LogP contribution in [0.15, 0.2) is 41.5 Å². The quantitative estimate of drug-likeness (QED) is 0.416. The van der Waals surface area contributed by atoms with Crippen LogP contribution in [0.25, 0.3) is 0 Å². The van der Waals surface area contributed by atoms with Crippen LogP contribution in [-0.4, -0.2) is 48.2 Å². The number of hydrogen-bond donors (Lipinski definition) is 2. The van der Waals surface area contributed by atoms with Gasteiger partial charge in [-0.1, -0.05) is 12.1 Å². The van der Waals surface area contributed by atoms with E-state index in [1.165, 1.54) is 13.3 Å². The van der Waals surface area contributed by atoms with Crippen molar-refractivity contribution in [3.8, 4) is 0 Å². The van der Waals surface area contributed by atoms with Gasteiger partial charge in [-0.3, -0.25) is 9.59 Å². The van der Waals surface area contributed by atoms with Gasteiger partial charge in [-0.2, -0.15) is 5.10 Å². The molecule has 12 heteroatoms. The van der Waals surface area contributed by atoms with Crippen molar-refractivity contribution in [2.75, 3.05) is 7.11 Å². The van der Waals surface area contributed by atoms with E-state index in [0.717, 1.165) is 10.6 Å². The van der Waals surface area contributed by atoms with Crippen LogP contribution in [0, 0.1) is 17.5 Å². The molecule has 3 rings (SSSR count). The smallest absolute Gasteiger partial charge is 0.337 e. The lowest BCUT2D eigenvalue weighted by Gasteiger charge is -2.23. The van der Waals surface area contributed by atoms with E-state index in [4.69, 9.17) is 5.73 Å². The van der Waals surface area contributed by atoms with Gasteiger partial charge >= 0.3 is 5.97 Å². The van der Waals surface area contributed by atoms with E-state index in [0.29, 0.717) is 17.7 Å². The number of nitrogens with zero attached hydrogens (tertiary/aromatic N) is 2. The molecule has 0 fully saturated rings. The Kier molecular flexibility index (Phi) is 9.78. The van der Waals surface area contributed by atoms with Crippen molar-refractivity contribution in [3.05, 3.63) is 70.5 Å². The molecule has 0 aliphatic carbocycles. The van der Waals surface area contributed by atoms with Gasteiger partial charge in [-0.15, -0.1) is 12.4 Å². The van der Waals surface area contributed by atoms with Crippen molar-refractivity contribution in [1.82, 2.24) is 10.3 Å². The summed E-state index contributed by atoms with van der Waals surface area (Å²) in [6.07, 6.45) is 1.14. The summed E-state index contributed by atoms with van der Waals surface area (Å²) >= 11 is 0. The highest BCUT2D eigenvalue weighted by Gasteiger charge is 2.33. The summed E-state index contributed by atoms with van der Waals surface area (Å²) in [5.74, 6) is -4.97. The Hall–Kier alpha value is -3.44. The normalized spacial score (nSPS) is 15.3. The van der Waals surface area contributed by atoms with Gasteiger partial charge < -0.3 is 15.8 Å². The first-order valence-corrected chi connectivity index (χ1v) is 10.4. The second-order valence-electron chi connectivity index (χ2n) is 7.72. The molecule has 188 valence electrons. The molecule has 0 aromatic heterocycles. The highest BCUT2D eigenvalue weighted by molar-refractivity contribution is 5.92. The van der Waals surface area contributed by atoms with Crippen LogP contribution in [0.2, 0.25) is 0 Å². The number of carbonyl (C=O) groups is 3. The number of nitrogens with one attached hydrogen (secondary N) is 1. The van der Waals surface area contributed by atoms with E-state index < -0.39 is 47.3 Å². The Labute approximate surface area is 205 Å². The molecule has 0 radical (unpaired) electrons. The summed E-state index contributed by atoms with van der Waals surface area (Å²) in [5.41, 5.74) is 6.86. The van der Waals surface area contributed by atoms with Crippen molar-refractivity contribution in [2.24, 2.45) is 10.8 Å². The van der Waals surface area contributed by atoms with Crippen LogP contribution in [0.5, 0.6) is 0 Å². The molecule has 0 saturated heterocycles. The maximum atomic E-state index is 13.8. The van der Waals surface area contributed by atoms with Gasteiger partial charge in [0, 0.05) is 37.7 Å². The number of esters is 1. The van der Waals surface area contributed by atoms with Crippen LogP contribution in [0.3, 0.4) is 0 Å². The number of methoxy groups -OCH3 is 1. The predicted molar refractivity (Wildman–Crippen MR) is 123 cm³/mol. The van der Waals surface area contributed by atoms with E-state index >= 15 is 0 Å². The molecule has 2 aromatic rings. The van der Waals surface area contributed by atoms with E-state index in [-0.39, 0.29) is 43.8 Å². The van der Waals surface area contributed by atoms with Crippen molar-refractivity contribution in [2.45, 2.75) is 37.9 Å². The van der Waals surface area contributed by atoms with Gasteiger partial charge in [0.05, 0.1) is 12.7 Å². The fraction of sp³-hybridized carbons (Fsp3) is 0.304. The van der Waals surface area contributed by atoms with Crippen molar-refractivity contribution < 1.29 is 32.3 Å². The van der Waals surface area contributed by atoms with Gasteiger partial charge in [-0.05, 0) is 35.7 Å². The fourth-order valence-electron chi connectivity index (χ4n) is 3.45. The van der Waals surface area contributed by atoms with Crippen LogP contribution in [-0.2, 0) is 27.3 Å². The van der Waals surface area contributed by atoms with Gasteiger partial charge in [0.2, 0.25) is 11.8 Å². The number of hydrogen-bond acceptors (Lipinski definition) is 6. The molecule has 2 aromatic carbocycles. The van der Waals surface area contributed by atoms with Gasteiger partial charge in [0.1, 0.15) is 11.9 Å². The summed E-state index contributed by atoms with van der Waals surface area (Å²) < 4.78 is 44.9. The van der Waals surface area contributed by atoms with Gasteiger partial charge in [-0.25, -0.2) is 23.0 Å². The van der Waals surface area contributed by atoms with Crippen molar-refractivity contribution in [3.63, 3.8) is 0 Å². The Morgan fingerprint density at radius 3 is 2.46 bits per heavy atom. The minimum Gasteiger partial charge on any atom is -0.465 e. The maximum Gasteiger partial charge on any atom is 0.337 e. The lowest BCUT2D eigenvalue weighted by molar-refractivity contribution is -0.139. The Morgan fingerprint density at radius 1 is 1.14 bits per heavy atom. The molecule has 3 N–H and O–H groups in total. The Morgan fingerprint density at radius 2 is 1.80 bits per heavy atom. The zero-order valence-electron chi connectivity index (χ0n) is 18.7. The number of rotatable bonds is 8. The van der Waals surface area contributed by atoms with Crippen LogP contribution in [0.1, 0.15) is 34.3 Å². The van der Waals surface area contributed by atoms with Crippen LogP contribution >= 0.6 is 12.4 Å². The molecule has 2 amide bonds. The molecule has 2 atom stereocenters. The third-order valence-corrected chi connectivity index (χ3v) is 5.24. The first kappa shape index (κ1) is 27.8. The number of benzene rings is 2. The van der Waals surface area contributed by atoms with Crippen molar-refractivity contribution >= 4 is 36.4 Å². The van der Waals surface area contributed by atoms with E-state index in [1.54, 1.807) is 24.3 Å². The standard InChI is InChI=1S/C23H23F3N4O4.ClH/c1-34-23(33)14-4-2-13(3-5-14)12-28-22(32)20-6-7-29-30(20)21(31)10-16(27)8-15-9-18(25)19(26)11-17(15)24;/h2-5,7,9,11,16,20H,6,8,10,12,27H2,1H3,(H,28,32);1H/t16-,20?;/m1./s1. The average Bonchev–Trinajstić information content (AvgIpc) is 3.31. The molecule has 1 unspecified atom stereocenters. The predicted octanol–water partition coefficient (Wildman–Crippen LogP) is 2.48. The summed E-state index contributed by atoms with van der Waals surface area (Å²) in [5, 5.41) is 7.67. The zero-order valence-corrected chi connectivity index (χ0v) is 19.5. The fourth-order valence-corrected chi connectivity index (χ4v) is 3.45. The highest BCUT2D eigenvalue weighted by atomic mass is 35.5. The first-order valence-electron chi connectivity index (χ1n) is 10.4. The number of carbonyl (C=O) groups excluding carboxylic acids is 3. The van der Waals surface area contributed by atoms with Gasteiger partial charge in [0.25, 0.3) is 0 Å². The molecule has 1 aliphatic heterocycles. The number of nitrogens with two attached hydrogens (primary N) is 1. The minimum absolute atomic E-state index is 0. The lowest BCUT2D eigenvalue weighted by atomic mass is 10.0. The maximum absolute atomic E-state index is 13.8. The summed E-state index contributed by atoms with van der Waals surface area (Å²) in [6, 6.07) is 5.81. The summed E-state index contributed by atoms with van der Waals surface area (Å²) in [4.78, 5) is 36.8. The SMILES string of the molecule is COC(=O)c1ccc(CNC(=O)C2CC=NN2C(=O)C[C@H](N)Cc2cc(F)c(F)cc2F)cc1.Cl. The summed E-state index contributed by atoms with van der Waals surface area (Å²) in [6.45, 7) is 0.160. The second-order valence-corrected chi connectivity index (χ2v) is 7.72. The van der Waals surface area contributed by atoms with Gasteiger partial charge in [0.15, 0.2) is 11.6 Å². The largest absolute Gasteiger partial charge is 0.465 e. The molecule has 0 spiro atoms. The number of ether oxygens (including phenoxy) is 1. The van der Waals surface area contributed by atoms with Crippen LogP contribution in [0.4, 0.5) is 13.2 Å². The first-order chi connectivity index (χ1) is 16.2. The lowest BCUT2D eigenvalue weighted by Crippen LogP contribution is -2.46. The molecule has 35 heavy (non-hydrogen) atoms. The Bertz CT molecular complexity index is 1110. The summed E-state index contributed by atoms with van der Waals surface area (Å²) in [7, 11) is 1.28. The third kappa shape index (κ3) is 7.03. The number of hydrazone groups is 1. The average molecular weight is 513 g/mol. The molecular formula is C23H24ClF3N4O4. The molecule has 1 aliphatic rings. The monoisotopic (exact) mass is 512 g/mol. The van der Waals surface area contributed by atoms with Crippen LogP contribution < -0.4 is 11.1 Å². The highest BCUT2D eigenvalue weighted by Crippen LogP contribution is 2.18. The van der Waals surface area contributed by atoms with E-state index in [9.17, 15) is 27.6 Å². The third-order valence-electron chi connectivity index (χ3n) is 5.24.